The van der Waals surface area contributed by atoms with Gasteiger partial charge in [0.1, 0.15) is 4.24 Å². The van der Waals surface area contributed by atoms with Gasteiger partial charge in [-0.1, -0.05) is 35.5 Å². The van der Waals surface area contributed by atoms with E-state index in [-0.39, 0.29) is 17.5 Å². The molecule has 0 aromatic heterocycles. The van der Waals surface area contributed by atoms with Crippen LogP contribution >= 0.6 is 23.4 Å². The Morgan fingerprint density at radius 2 is 2.10 bits per heavy atom. The minimum atomic E-state index is -3.30. The lowest BCUT2D eigenvalue weighted by Gasteiger charge is -2.17. The lowest BCUT2D eigenvalue weighted by molar-refractivity contribution is 0.539. The van der Waals surface area contributed by atoms with E-state index in [4.69, 9.17) is 17.3 Å². The van der Waals surface area contributed by atoms with E-state index in [1.54, 1.807) is 12.1 Å². The molecule has 1 aromatic rings. The summed E-state index contributed by atoms with van der Waals surface area (Å²) in [7, 11) is -3.30. The van der Waals surface area contributed by atoms with Crippen molar-refractivity contribution in [2.75, 3.05) is 6.26 Å². The Morgan fingerprint density at radius 1 is 1.35 bits per heavy atom. The molecule has 108 valence electrons. The minimum Gasteiger partial charge on any atom is -0.314 e. The van der Waals surface area contributed by atoms with Crippen molar-refractivity contribution < 1.29 is 8.42 Å². The highest BCUT2D eigenvalue weighted by Gasteiger charge is 2.46. The molecular weight excluding hydrogens is 318 g/mol. The Balaban J connectivity index is 2.19. The van der Waals surface area contributed by atoms with E-state index < -0.39 is 9.84 Å². The van der Waals surface area contributed by atoms with Crippen LogP contribution in [0, 0.1) is 5.92 Å². The number of halogens is 1. The van der Waals surface area contributed by atoms with Crippen molar-refractivity contribution in [2.24, 2.45) is 11.7 Å². The third kappa shape index (κ3) is 2.38. The molecule has 5 nitrogen and oxygen atoms in total. The number of hydrogen-bond donors (Lipinski definition) is 3. The molecule has 1 saturated heterocycles. The van der Waals surface area contributed by atoms with Crippen molar-refractivity contribution in [3.63, 3.8) is 0 Å². The number of benzene rings is 1. The van der Waals surface area contributed by atoms with E-state index in [0.29, 0.717) is 9.26 Å². The van der Waals surface area contributed by atoms with Crippen LogP contribution in [-0.2, 0) is 9.84 Å². The zero-order valence-corrected chi connectivity index (χ0v) is 13.0. The molecule has 0 radical (unpaired) electrons. The molecule has 4 N–H and O–H groups in total. The van der Waals surface area contributed by atoms with Crippen molar-refractivity contribution in [3.05, 3.63) is 39.1 Å². The summed E-state index contributed by atoms with van der Waals surface area (Å²) in [6, 6.07) is 7.21. The van der Waals surface area contributed by atoms with Gasteiger partial charge in [-0.2, -0.15) is 0 Å². The average molecular weight is 332 g/mol. The van der Waals surface area contributed by atoms with Gasteiger partial charge in [-0.05, 0) is 23.3 Å². The maximum absolute atomic E-state index is 12.0. The molecule has 8 heteroatoms. The quantitative estimate of drug-likeness (QED) is 0.753. The average Bonchev–Trinajstić information content (AvgIpc) is 2.89. The smallest absolute Gasteiger partial charge is 0.181 e. The number of hydrogen-bond acceptors (Lipinski definition) is 6. The lowest BCUT2D eigenvalue weighted by Crippen LogP contribution is -2.39. The Hall–Kier alpha value is -0.570. The summed E-state index contributed by atoms with van der Waals surface area (Å²) < 4.78 is 24.5. The summed E-state index contributed by atoms with van der Waals surface area (Å²) in [6.07, 6.45) is 0.889. The van der Waals surface area contributed by atoms with Crippen LogP contribution in [0.5, 0.6) is 0 Å². The summed E-state index contributed by atoms with van der Waals surface area (Å²) in [5.41, 5.74) is 13.6. The molecular formula is C12H14ClN3O2S2. The van der Waals surface area contributed by atoms with Crippen LogP contribution < -0.4 is 16.6 Å². The third-order valence-electron chi connectivity index (χ3n) is 3.36. The Bertz CT molecular complexity index is 690. The lowest BCUT2D eigenvalue weighted by atomic mass is 9.92. The summed E-state index contributed by atoms with van der Waals surface area (Å²) >= 11 is 7.32. The van der Waals surface area contributed by atoms with Gasteiger partial charge in [0, 0.05) is 17.2 Å². The number of thioether (sulfide) groups is 1. The second-order valence-electron chi connectivity index (χ2n) is 4.86. The Labute approximate surface area is 126 Å². The van der Waals surface area contributed by atoms with Gasteiger partial charge in [-0.3, -0.25) is 0 Å². The molecule has 1 aromatic carbocycles. The van der Waals surface area contributed by atoms with Gasteiger partial charge in [0.2, 0.25) is 0 Å². The molecule has 3 atom stereocenters. The molecule has 0 amide bonds. The highest BCUT2D eigenvalue weighted by molar-refractivity contribution is 8.19. The fourth-order valence-electron chi connectivity index (χ4n) is 2.55. The fourth-order valence-corrected chi connectivity index (χ4v) is 5.59. The number of nitrogens with one attached hydrogen (secondary N) is 2. The Kier molecular flexibility index (Phi) is 3.60. The maximum atomic E-state index is 12.0. The molecule has 3 unspecified atom stereocenters. The predicted molar refractivity (Wildman–Crippen MR) is 82.3 cm³/mol. The topological polar surface area (TPSA) is 84.2 Å². The molecule has 0 spiro atoms. The number of fused-ring (bicyclic) bond motifs is 1. The molecule has 0 bridgehead atoms. The predicted octanol–water partition coefficient (Wildman–Crippen LogP) is 1.13. The highest BCUT2D eigenvalue weighted by Crippen LogP contribution is 2.50. The number of hydrazine groups is 1. The highest BCUT2D eigenvalue weighted by atomic mass is 35.5. The molecule has 0 aliphatic carbocycles. The second-order valence-corrected chi connectivity index (χ2v) is 8.66. The molecule has 2 heterocycles. The minimum absolute atomic E-state index is 0.0799. The van der Waals surface area contributed by atoms with Crippen molar-refractivity contribution in [1.29, 1.82) is 0 Å². The van der Waals surface area contributed by atoms with E-state index in [1.807, 2.05) is 12.1 Å². The van der Waals surface area contributed by atoms with Crippen LogP contribution in [0.25, 0.3) is 5.57 Å². The SMILES string of the molecule is CS(=O)(=O)C1=C(c2cccc(Cl)c2)C2C(N)NNC2S1. The maximum Gasteiger partial charge on any atom is 0.181 e. The van der Waals surface area contributed by atoms with Gasteiger partial charge in [-0.25, -0.2) is 19.3 Å². The fraction of sp³-hybridized carbons (Fsp3) is 0.333. The monoisotopic (exact) mass is 331 g/mol. The van der Waals surface area contributed by atoms with Crippen LogP contribution in [0.2, 0.25) is 5.02 Å². The van der Waals surface area contributed by atoms with Crippen molar-refractivity contribution in [3.8, 4) is 0 Å². The molecule has 0 saturated carbocycles. The molecule has 3 rings (SSSR count). The first kappa shape index (κ1) is 14.4. The number of sulfone groups is 1. The Morgan fingerprint density at radius 3 is 2.75 bits per heavy atom. The third-order valence-corrected chi connectivity index (χ3v) is 6.79. The summed E-state index contributed by atoms with van der Waals surface area (Å²) in [5, 5.41) is 0.493. The molecule has 2 aliphatic heterocycles. The number of rotatable bonds is 2. The van der Waals surface area contributed by atoms with Crippen LogP contribution in [0.1, 0.15) is 5.56 Å². The van der Waals surface area contributed by atoms with Gasteiger partial charge >= 0.3 is 0 Å². The van der Waals surface area contributed by atoms with Crippen molar-refractivity contribution >= 4 is 38.8 Å². The van der Waals surface area contributed by atoms with Crippen LogP contribution in [0.3, 0.4) is 0 Å². The van der Waals surface area contributed by atoms with Crippen LogP contribution in [-0.4, -0.2) is 26.2 Å². The van der Waals surface area contributed by atoms with E-state index in [2.05, 4.69) is 10.9 Å². The van der Waals surface area contributed by atoms with Crippen LogP contribution in [0.4, 0.5) is 0 Å². The molecule has 20 heavy (non-hydrogen) atoms. The number of nitrogens with two attached hydrogens (primary N) is 1. The van der Waals surface area contributed by atoms with Gasteiger partial charge in [0.15, 0.2) is 9.84 Å². The zero-order valence-electron chi connectivity index (χ0n) is 10.6. The van der Waals surface area contributed by atoms with Gasteiger partial charge in [0.25, 0.3) is 0 Å². The van der Waals surface area contributed by atoms with Crippen LogP contribution in [0.15, 0.2) is 28.5 Å². The van der Waals surface area contributed by atoms with Crippen molar-refractivity contribution in [2.45, 2.75) is 11.5 Å². The first-order valence-corrected chi connectivity index (χ1v) is 9.16. The summed E-state index contributed by atoms with van der Waals surface area (Å²) in [6.45, 7) is 0. The molecule has 2 aliphatic rings. The van der Waals surface area contributed by atoms with Gasteiger partial charge in [0.05, 0.1) is 11.5 Å². The van der Waals surface area contributed by atoms with Gasteiger partial charge in [-0.15, -0.1) is 0 Å². The zero-order chi connectivity index (χ0) is 14.5. The largest absolute Gasteiger partial charge is 0.314 e. The van der Waals surface area contributed by atoms with E-state index >= 15 is 0 Å². The van der Waals surface area contributed by atoms with Crippen molar-refractivity contribution in [1.82, 2.24) is 10.9 Å². The summed E-state index contributed by atoms with van der Waals surface area (Å²) in [4.78, 5) is 0. The summed E-state index contributed by atoms with van der Waals surface area (Å²) in [5.74, 6) is -0.108. The van der Waals surface area contributed by atoms with Gasteiger partial charge < -0.3 is 5.73 Å². The standard InChI is InChI=1S/C12H14ClN3O2S2/c1-20(17,18)12-8(6-3-2-4-7(13)5-6)9-10(14)15-16-11(9)19-12/h2-5,9-11,15-16H,14H2,1H3. The first-order chi connectivity index (χ1) is 9.38. The first-order valence-electron chi connectivity index (χ1n) is 6.01. The second kappa shape index (κ2) is 5.01. The molecule has 1 fully saturated rings. The van der Waals surface area contributed by atoms with E-state index in [0.717, 1.165) is 11.1 Å². The normalized spacial score (nSPS) is 29.9. The van der Waals surface area contributed by atoms with E-state index in [1.165, 1.54) is 18.0 Å². The van der Waals surface area contributed by atoms with E-state index in [9.17, 15) is 8.42 Å².